The summed E-state index contributed by atoms with van der Waals surface area (Å²) in [7, 11) is -3.51. The van der Waals surface area contributed by atoms with Gasteiger partial charge < -0.3 is 10.5 Å². The Bertz CT molecular complexity index is 603. The zero-order valence-corrected chi connectivity index (χ0v) is 13.6. The van der Waals surface area contributed by atoms with Crippen LogP contribution < -0.4 is 10.5 Å². The molecule has 0 heterocycles. The number of ether oxygens (including phenoxy) is 1. The van der Waals surface area contributed by atoms with Gasteiger partial charge in [0.25, 0.3) is 0 Å². The normalized spacial score (nSPS) is 11.8. The molecule has 0 amide bonds. The van der Waals surface area contributed by atoms with E-state index in [1.54, 1.807) is 6.07 Å². The molecule has 0 saturated heterocycles. The smallest absolute Gasteiger partial charge is 0.214 e. The van der Waals surface area contributed by atoms with Gasteiger partial charge >= 0.3 is 0 Å². The molecule has 0 aromatic heterocycles. The van der Waals surface area contributed by atoms with Crippen molar-refractivity contribution in [3.8, 4) is 0 Å². The minimum absolute atomic E-state index is 0.0368. The van der Waals surface area contributed by atoms with Crippen LogP contribution >= 0.6 is 12.2 Å². The molecule has 8 heteroatoms. The van der Waals surface area contributed by atoms with Gasteiger partial charge in [0.1, 0.15) is 10.8 Å². The van der Waals surface area contributed by atoms with Crippen molar-refractivity contribution in [1.82, 2.24) is 4.72 Å². The molecule has 118 valence electrons. The van der Waals surface area contributed by atoms with Crippen LogP contribution in [0.25, 0.3) is 0 Å². The van der Waals surface area contributed by atoms with E-state index in [1.165, 1.54) is 12.1 Å². The van der Waals surface area contributed by atoms with Crippen LogP contribution in [0.3, 0.4) is 0 Å². The standard InChI is InChI=1S/C13H19FN2O3S2/c1-9(2)19-5-6-21(17,18)16-8-11-4-3-10(13(15)20)7-12(11)14/h3-4,7,9,16H,5-6,8H2,1-2H3,(H2,15,20). The van der Waals surface area contributed by atoms with Gasteiger partial charge in [0.05, 0.1) is 18.5 Å². The molecule has 1 rings (SSSR count). The Labute approximate surface area is 129 Å². The molecule has 0 bridgehead atoms. The largest absolute Gasteiger partial charge is 0.389 e. The molecule has 5 nitrogen and oxygen atoms in total. The van der Waals surface area contributed by atoms with Crippen molar-refractivity contribution < 1.29 is 17.5 Å². The van der Waals surface area contributed by atoms with Gasteiger partial charge in [-0.1, -0.05) is 24.4 Å². The van der Waals surface area contributed by atoms with Gasteiger partial charge in [0.2, 0.25) is 10.0 Å². The fourth-order valence-corrected chi connectivity index (χ4v) is 2.46. The maximum Gasteiger partial charge on any atom is 0.214 e. The van der Waals surface area contributed by atoms with Gasteiger partial charge in [-0.05, 0) is 19.9 Å². The highest BCUT2D eigenvalue weighted by atomic mass is 32.2. The first-order chi connectivity index (χ1) is 9.71. The summed E-state index contributed by atoms with van der Waals surface area (Å²) in [5, 5.41) is 0. The molecule has 0 fully saturated rings. The van der Waals surface area contributed by atoms with E-state index in [9.17, 15) is 12.8 Å². The summed E-state index contributed by atoms with van der Waals surface area (Å²) in [6.07, 6.45) is -0.0368. The average Bonchev–Trinajstić information content (AvgIpc) is 2.36. The van der Waals surface area contributed by atoms with Crippen molar-refractivity contribution in [2.75, 3.05) is 12.4 Å². The van der Waals surface area contributed by atoms with E-state index in [0.717, 1.165) is 0 Å². The topological polar surface area (TPSA) is 81.4 Å². The number of sulfonamides is 1. The second-order valence-electron chi connectivity index (χ2n) is 4.73. The highest BCUT2D eigenvalue weighted by molar-refractivity contribution is 7.89. The van der Waals surface area contributed by atoms with E-state index in [1.807, 2.05) is 13.8 Å². The van der Waals surface area contributed by atoms with E-state index in [0.29, 0.717) is 5.56 Å². The van der Waals surface area contributed by atoms with E-state index in [-0.39, 0.29) is 35.6 Å². The van der Waals surface area contributed by atoms with Crippen LogP contribution in [0.15, 0.2) is 18.2 Å². The molecule has 0 spiro atoms. The first-order valence-electron chi connectivity index (χ1n) is 6.38. The Hall–Kier alpha value is -1.09. The van der Waals surface area contributed by atoms with Crippen molar-refractivity contribution in [2.24, 2.45) is 5.73 Å². The number of nitrogens with one attached hydrogen (secondary N) is 1. The molecule has 0 unspecified atom stereocenters. The van der Waals surface area contributed by atoms with Gasteiger partial charge in [-0.15, -0.1) is 0 Å². The summed E-state index contributed by atoms with van der Waals surface area (Å²) < 4.78 is 44.7. The summed E-state index contributed by atoms with van der Waals surface area (Å²) in [6, 6.07) is 4.20. The third kappa shape index (κ3) is 6.47. The SMILES string of the molecule is CC(C)OCCS(=O)(=O)NCc1ccc(C(N)=S)cc1F. The number of halogens is 1. The lowest BCUT2D eigenvalue weighted by molar-refractivity contribution is 0.0911. The number of hydrogen-bond acceptors (Lipinski definition) is 4. The highest BCUT2D eigenvalue weighted by Gasteiger charge is 2.12. The Morgan fingerprint density at radius 1 is 1.48 bits per heavy atom. The Morgan fingerprint density at radius 3 is 2.67 bits per heavy atom. The molecule has 0 radical (unpaired) electrons. The molecule has 0 aliphatic heterocycles. The summed E-state index contributed by atoms with van der Waals surface area (Å²) >= 11 is 4.74. The lowest BCUT2D eigenvalue weighted by Crippen LogP contribution is -2.29. The van der Waals surface area contributed by atoms with Gasteiger partial charge in [-0.3, -0.25) is 0 Å². The lowest BCUT2D eigenvalue weighted by Gasteiger charge is -2.10. The molecular weight excluding hydrogens is 315 g/mol. The van der Waals surface area contributed by atoms with Crippen LogP contribution in [0.1, 0.15) is 25.0 Å². The van der Waals surface area contributed by atoms with Crippen molar-refractivity contribution in [3.63, 3.8) is 0 Å². The summed E-state index contributed by atoms with van der Waals surface area (Å²) in [6.45, 7) is 3.60. The molecule has 0 aliphatic carbocycles. The fourth-order valence-electron chi connectivity index (χ4n) is 1.50. The number of hydrogen-bond donors (Lipinski definition) is 2. The van der Waals surface area contributed by atoms with Crippen molar-refractivity contribution in [3.05, 3.63) is 35.1 Å². The van der Waals surface area contributed by atoms with Gasteiger partial charge in [0, 0.05) is 17.7 Å². The summed E-state index contributed by atoms with van der Waals surface area (Å²) in [4.78, 5) is 0.0897. The Kier molecular flexibility index (Phi) is 6.66. The van der Waals surface area contributed by atoms with Crippen LogP contribution in [0, 0.1) is 5.82 Å². The van der Waals surface area contributed by atoms with Crippen LogP contribution in [0.4, 0.5) is 4.39 Å². The Morgan fingerprint density at radius 2 is 2.14 bits per heavy atom. The van der Waals surface area contributed by atoms with Crippen LogP contribution in [-0.2, 0) is 21.3 Å². The third-order valence-electron chi connectivity index (χ3n) is 2.62. The average molecular weight is 334 g/mol. The van der Waals surface area contributed by atoms with Crippen LogP contribution in [0.2, 0.25) is 0 Å². The monoisotopic (exact) mass is 334 g/mol. The first-order valence-corrected chi connectivity index (χ1v) is 8.44. The molecule has 3 N–H and O–H groups in total. The van der Waals surface area contributed by atoms with Crippen molar-refractivity contribution in [1.29, 1.82) is 0 Å². The molecule has 1 aromatic rings. The molecule has 0 aliphatic rings. The molecule has 21 heavy (non-hydrogen) atoms. The third-order valence-corrected chi connectivity index (χ3v) is 4.15. The van der Waals surface area contributed by atoms with Gasteiger partial charge in [-0.25, -0.2) is 17.5 Å². The van der Waals surface area contributed by atoms with Crippen LogP contribution in [-0.4, -0.2) is 31.9 Å². The number of nitrogens with two attached hydrogens (primary N) is 1. The minimum atomic E-state index is -3.51. The molecule has 1 aromatic carbocycles. The first kappa shape index (κ1) is 18.0. The number of benzene rings is 1. The van der Waals surface area contributed by atoms with E-state index in [2.05, 4.69) is 4.72 Å². The Balaban J connectivity index is 2.60. The predicted octanol–water partition coefficient (Wildman–Crippen LogP) is 1.30. The van der Waals surface area contributed by atoms with E-state index < -0.39 is 15.8 Å². The van der Waals surface area contributed by atoms with E-state index >= 15 is 0 Å². The molecular formula is C13H19FN2O3S2. The van der Waals surface area contributed by atoms with Crippen LogP contribution in [0.5, 0.6) is 0 Å². The summed E-state index contributed by atoms with van der Waals surface area (Å²) in [5.41, 5.74) is 6.02. The summed E-state index contributed by atoms with van der Waals surface area (Å²) in [5.74, 6) is -0.723. The number of rotatable bonds is 8. The maximum atomic E-state index is 13.8. The van der Waals surface area contributed by atoms with E-state index in [4.69, 9.17) is 22.7 Å². The predicted molar refractivity (Wildman–Crippen MR) is 84.0 cm³/mol. The quantitative estimate of drug-likeness (QED) is 0.701. The second kappa shape index (κ2) is 7.79. The lowest BCUT2D eigenvalue weighted by atomic mass is 10.1. The zero-order valence-electron chi connectivity index (χ0n) is 11.9. The maximum absolute atomic E-state index is 13.8. The fraction of sp³-hybridized carbons (Fsp3) is 0.462. The second-order valence-corrected chi connectivity index (χ2v) is 7.10. The number of thiocarbonyl (C=S) groups is 1. The highest BCUT2D eigenvalue weighted by Crippen LogP contribution is 2.11. The molecule has 0 atom stereocenters. The zero-order chi connectivity index (χ0) is 16.0. The molecule has 0 saturated carbocycles. The van der Waals surface area contributed by atoms with Gasteiger partial charge in [0.15, 0.2) is 0 Å². The minimum Gasteiger partial charge on any atom is -0.389 e. The van der Waals surface area contributed by atoms with Gasteiger partial charge in [-0.2, -0.15) is 0 Å². The van der Waals surface area contributed by atoms with Crippen molar-refractivity contribution >= 4 is 27.2 Å². The van der Waals surface area contributed by atoms with Crippen molar-refractivity contribution in [2.45, 2.75) is 26.5 Å².